The zero-order valence-electron chi connectivity index (χ0n) is 13.2. The second kappa shape index (κ2) is 6.25. The van der Waals surface area contributed by atoms with E-state index in [4.69, 9.17) is 0 Å². The highest BCUT2D eigenvalue weighted by atomic mass is 14.4. The van der Waals surface area contributed by atoms with E-state index in [2.05, 4.69) is 48.5 Å². The molecule has 0 aromatic rings. The van der Waals surface area contributed by atoms with Gasteiger partial charge in [0.2, 0.25) is 0 Å². The van der Waals surface area contributed by atoms with Gasteiger partial charge >= 0.3 is 0 Å². The van der Waals surface area contributed by atoms with Crippen LogP contribution in [0.2, 0.25) is 0 Å². The Bertz CT molecular complexity index is 214. The first-order chi connectivity index (χ1) is 7.84. The third-order valence-electron chi connectivity index (χ3n) is 5.79. The first-order valence-corrected chi connectivity index (χ1v) is 7.84. The summed E-state index contributed by atoms with van der Waals surface area (Å²) < 4.78 is 0. The molecule has 0 amide bonds. The van der Waals surface area contributed by atoms with E-state index in [1.54, 1.807) is 0 Å². The highest BCUT2D eigenvalue weighted by molar-refractivity contribution is 4.84. The summed E-state index contributed by atoms with van der Waals surface area (Å²) in [5.41, 5.74) is 0. The van der Waals surface area contributed by atoms with Crippen molar-refractivity contribution in [2.45, 2.75) is 67.7 Å². The molecule has 1 aliphatic rings. The first-order valence-electron chi connectivity index (χ1n) is 7.84. The van der Waals surface area contributed by atoms with Gasteiger partial charge in [-0.15, -0.1) is 0 Å². The highest BCUT2D eigenvalue weighted by Gasteiger charge is 2.34. The maximum Gasteiger partial charge on any atom is -0.0386 e. The molecule has 0 aliphatic heterocycles. The summed E-state index contributed by atoms with van der Waals surface area (Å²) in [6.07, 6.45) is 4.41. The van der Waals surface area contributed by atoms with Gasteiger partial charge in [-0.2, -0.15) is 0 Å². The van der Waals surface area contributed by atoms with Crippen molar-refractivity contribution in [3.05, 3.63) is 0 Å². The highest BCUT2D eigenvalue weighted by Crippen LogP contribution is 2.43. The molecule has 0 bridgehead atoms. The Morgan fingerprint density at radius 2 is 1.24 bits per heavy atom. The largest absolute Gasteiger partial charge is 0.0625 e. The van der Waals surface area contributed by atoms with E-state index in [9.17, 15) is 0 Å². The third kappa shape index (κ3) is 4.30. The molecule has 5 unspecified atom stereocenters. The van der Waals surface area contributed by atoms with E-state index in [0.29, 0.717) is 0 Å². The molecule has 1 fully saturated rings. The Hall–Kier alpha value is 0. The lowest BCUT2D eigenvalue weighted by Gasteiger charge is -2.31. The van der Waals surface area contributed by atoms with Crippen LogP contribution in [0, 0.1) is 41.4 Å². The zero-order chi connectivity index (χ0) is 13.2. The van der Waals surface area contributed by atoms with Crippen molar-refractivity contribution in [2.24, 2.45) is 41.4 Å². The van der Waals surface area contributed by atoms with Crippen LogP contribution in [-0.4, -0.2) is 0 Å². The zero-order valence-corrected chi connectivity index (χ0v) is 13.2. The lowest BCUT2D eigenvalue weighted by Crippen LogP contribution is -2.23. The van der Waals surface area contributed by atoms with Crippen molar-refractivity contribution in [2.75, 3.05) is 0 Å². The molecule has 102 valence electrons. The van der Waals surface area contributed by atoms with Crippen LogP contribution in [0.4, 0.5) is 0 Å². The Labute approximate surface area is 110 Å². The molecule has 0 N–H and O–H groups in total. The SMILES string of the molecule is CC(C)C(C)C(C)CC(C)C(C)C(C)C1CC1. The molecular formula is C17H34. The van der Waals surface area contributed by atoms with Gasteiger partial charge < -0.3 is 0 Å². The van der Waals surface area contributed by atoms with Gasteiger partial charge in [-0.1, -0.05) is 48.5 Å². The number of hydrogen-bond donors (Lipinski definition) is 0. The maximum atomic E-state index is 2.49. The second-order valence-corrected chi connectivity index (χ2v) is 7.35. The van der Waals surface area contributed by atoms with Gasteiger partial charge in [-0.3, -0.25) is 0 Å². The minimum Gasteiger partial charge on any atom is -0.0625 e. The third-order valence-corrected chi connectivity index (χ3v) is 5.79. The molecule has 1 saturated carbocycles. The van der Waals surface area contributed by atoms with Crippen molar-refractivity contribution in [1.82, 2.24) is 0 Å². The van der Waals surface area contributed by atoms with Crippen molar-refractivity contribution in [3.63, 3.8) is 0 Å². The summed E-state index contributed by atoms with van der Waals surface area (Å²) in [4.78, 5) is 0. The molecule has 17 heavy (non-hydrogen) atoms. The molecular weight excluding hydrogens is 204 g/mol. The molecule has 0 aromatic carbocycles. The Morgan fingerprint density at radius 1 is 0.765 bits per heavy atom. The fourth-order valence-electron chi connectivity index (χ4n) is 3.24. The molecule has 0 heteroatoms. The van der Waals surface area contributed by atoms with Gasteiger partial charge in [0.05, 0.1) is 0 Å². The van der Waals surface area contributed by atoms with Crippen LogP contribution in [0.5, 0.6) is 0 Å². The van der Waals surface area contributed by atoms with Gasteiger partial charge in [-0.25, -0.2) is 0 Å². The Morgan fingerprint density at radius 3 is 1.65 bits per heavy atom. The maximum absolute atomic E-state index is 2.49. The van der Waals surface area contributed by atoms with Crippen LogP contribution in [-0.2, 0) is 0 Å². The molecule has 0 aromatic heterocycles. The van der Waals surface area contributed by atoms with E-state index in [1.807, 2.05) is 0 Å². The van der Waals surface area contributed by atoms with Gasteiger partial charge in [0.1, 0.15) is 0 Å². The van der Waals surface area contributed by atoms with Gasteiger partial charge in [0, 0.05) is 0 Å². The van der Waals surface area contributed by atoms with E-state index in [0.717, 1.165) is 41.4 Å². The molecule has 0 radical (unpaired) electrons. The minimum absolute atomic E-state index is 0.827. The first kappa shape index (κ1) is 15.1. The lowest BCUT2D eigenvalue weighted by atomic mass is 9.74. The fraction of sp³-hybridized carbons (Fsp3) is 1.00. The van der Waals surface area contributed by atoms with Crippen molar-refractivity contribution >= 4 is 0 Å². The van der Waals surface area contributed by atoms with Crippen LogP contribution in [0.25, 0.3) is 0 Å². The van der Waals surface area contributed by atoms with E-state index in [-0.39, 0.29) is 0 Å². The summed E-state index contributed by atoms with van der Waals surface area (Å²) in [7, 11) is 0. The number of hydrogen-bond acceptors (Lipinski definition) is 0. The Balaban J connectivity index is 2.38. The predicted octanol–water partition coefficient (Wildman–Crippen LogP) is 5.62. The Kier molecular flexibility index (Phi) is 5.54. The number of rotatable bonds is 7. The topological polar surface area (TPSA) is 0 Å². The monoisotopic (exact) mass is 238 g/mol. The summed E-state index contributed by atoms with van der Waals surface area (Å²) in [5.74, 6) is 6.37. The van der Waals surface area contributed by atoms with Crippen LogP contribution < -0.4 is 0 Å². The summed E-state index contributed by atoms with van der Waals surface area (Å²) in [6, 6.07) is 0. The summed E-state index contributed by atoms with van der Waals surface area (Å²) in [6.45, 7) is 17.1. The van der Waals surface area contributed by atoms with Gasteiger partial charge in [0.15, 0.2) is 0 Å². The standard InChI is InChI=1S/C17H34/c1-11(2)14(5)12(3)10-13(4)15(6)16(7)17-8-9-17/h11-17H,8-10H2,1-7H3. The summed E-state index contributed by atoms with van der Waals surface area (Å²) in [5, 5.41) is 0. The lowest BCUT2D eigenvalue weighted by molar-refractivity contribution is 0.183. The van der Waals surface area contributed by atoms with Gasteiger partial charge in [0.25, 0.3) is 0 Å². The molecule has 5 atom stereocenters. The van der Waals surface area contributed by atoms with Crippen LogP contribution in [0.1, 0.15) is 67.7 Å². The molecule has 0 spiro atoms. The van der Waals surface area contributed by atoms with Crippen molar-refractivity contribution in [3.8, 4) is 0 Å². The van der Waals surface area contributed by atoms with Crippen LogP contribution >= 0.6 is 0 Å². The van der Waals surface area contributed by atoms with Gasteiger partial charge in [-0.05, 0) is 60.7 Å². The minimum atomic E-state index is 0.827. The quantitative estimate of drug-likeness (QED) is 0.540. The fourth-order valence-corrected chi connectivity index (χ4v) is 3.24. The van der Waals surface area contributed by atoms with Crippen LogP contribution in [0.3, 0.4) is 0 Å². The second-order valence-electron chi connectivity index (χ2n) is 7.35. The smallest absolute Gasteiger partial charge is 0.0386 e. The van der Waals surface area contributed by atoms with Crippen LogP contribution in [0.15, 0.2) is 0 Å². The molecule has 1 aliphatic carbocycles. The van der Waals surface area contributed by atoms with E-state index in [1.165, 1.54) is 19.3 Å². The average Bonchev–Trinajstić information content (AvgIpc) is 3.09. The predicted molar refractivity (Wildman–Crippen MR) is 78.0 cm³/mol. The molecule has 0 nitrogen and oxygen atoms in total. The molecule has 0 saturated heterocycles. The van der Waals surface area contributed by atoms with E-state index >= 15 is 0 Å². The average molecular weight is 238 g/mol. The van der Waals surface area contributed by atoms with Crippen molar-refractivity contribution < 1.29 is 0 Å². The molecule has 1 rings (SSSR count). The molecule has 0 heterocycles. The summed E-state index contributed by atoms with van der Waals surface area (Å²) >= 11 is 0. The normalized spacial score (nSPS) is 25.4. The van der Waals surface area contributed by atoms with E-state index < -0.39 is 0 Å². The van der Waals surface area contributed by atoms with Crippen molar-refractivity contribution in [1.29, 1.82) is 0 Å².